The number of hydrogen-bond acceptors (Lipinski definition) is 5. The van der Waals surface area contributed by atoms with Crippen molar-refractivity contribution < 1.29 is 14.3 Å². The van der Waals surface area contributed by atoms with Crippen LogP contribution in [0.1, 0.15) is 78.6 Å². The maximum absolute atomic E-state index is 13.6. The van der Waals surface area contributed by atoms with Crippen LogP contribution in [0, 0.1) is 12.8 Å². The van der Waals surface area contributed by atoms with Crippen molar-refractivity contribution in [1.29, 1.82) is 0 Å². The topological polar surface area (TPSA) is 62.7 Å². The van der Waals surface area contributed by atoms with Crippen LogP contribution in [0.25, 0.3) is 0 Å². The summed E-state index contributed by atoms with van der Waals surface area (Å²) in [5.41, 5.74) is 3.11. The molecule has 0 fully saturated rings. The molecule has 3 rings (SSSR count). The molecule has 0 bridgehead atoms. The number of amides is 2. The van der Waals surface area contributed by atoms with E-state index in [-0.39, 0.29) is 17.9 Å². The first-order chi connectivity index (χ1) is 15.9. The number of nitrogens with zero attached hydrogens (tertiary/aromatic N) is 3. The van der Waals surface area contributed by atoms with Gasteiger partial charge in [0.15, 0.2) is 0 Å². The van der Waals surface area contributed by atoms with Gasteiger partial charge in [-0.25, -0.2) is 4.98 Å². The smallest absolute Gasteiger partial charge is 0.266 e. The fourth-order valence-electron chi connectivity index (χ4n) is 4.38. The molecule has 1 aliphatic heterocycles. The van der Waals surface area contributed by atoms with E-state index in [0.29, 0.717) is 41.8 Å². The first-order valence-electron chi connectivity index (χ1n) is 12.1. The van der Waals surface area contributed by atoms with E-state index >= 15 is 0 Å². The second-order valence-electron chi connectivity index (χ2n) is 9.16. The summed E-state index contributed by atoms with van der Waals surface area (Å²) in [4.78, 5) is 35.7. The maximum atomic E-state index is 13.6. The molecule has 0 radical (unpaired) electrons. The molecule has 2 heterocycles. The van der Waals surface area contributed by atoms with Crippen LogP contribution in [-0.4, -0.2) is 58.9 Å². The fraction of sp³-hybridized carbons (Fsp3) is 0.577. The summed E-state index contributed by atoms with van der Waals surface area (Å²) in [6.07, 6.45) is 4.80. The Balaban J connectivity index is 1.93. The third kappa shape index (κ3) is 6.56. The minimum atomic E-state index is -0.0765. The molecule has 0 spiro atoms. The van der Waals surface area contributed by atoms with E-state index < -0.39 is 0 Å². The highest BCUT2D eigenvalue weighted by Gasteiger charge is 2.29. The van der Waals surface area contributed by atoms with Gasteiger partial charge >= 0.3 is 0 Å². The molecule has 0 aliphatic carbocycles. The van der Waals surface area contributed by atoms with Gasteiger partial charge in [-0.05, 0) is 51.2 Å². The van der Waals surface area contributed by atoms with Crippen LogP contribution < -0.4 is 4.74 Å². The highest BCUT2D eigenvalue weighted by molar-refractivity contribution is 7.11. The zero-order valence-electron chi connectivity index (χ0n) is 20.4. The van der Waals surface area contributed by atoms with E-state index in [2.05, 4.69) is 18.8 Å². The predicted octanol–water partition coefficient (Wildman–Crippen LogP) is 5.42. The van der Waals surface area contributed by atoms with E-state index in [4.69, 9.17) is 4.74 Å². The number of para-hydroxylation sites is 1. The van der Waals surface area contributed by atoms with Crippen molar-refractivity contribution in [2.45, 2.75) is 65.8 Å². The quantitative estimate of drug-likeness (QED) is 0.597. The van der Waals surface area contributed by atoms with Crippen LogP contribution in [0.5, 0.6) is 5.75 Å². The summed E-state index contributed by atoms with van der Waals surface area (Å²) < 4.78 is 6.28. The normalized spacial score (nSPS) is 18.6. The second-order valence-corrected chi connectivity index (χ2v) is 10.0. The van der Waals surface area contributed by atoms with Gasteiger partial charge in [-0.3, -0.25) is 9.59 Å². The van der Waals surface area contributed by atoms with Crippen molar-refractivity contribution in [3.8, 4) is 5.75 Å². The van der Waals surface area contributed by atoms with Crippen molar-refractivity contribution in [3.63, 3.8) is 0 Å². The summed E-state index contributed by atoms with van der Waals surface area (Å²) in [7, 11) is 0. The minimum Gasteiger partial charge on any atom is -0.491 e. The lowest BCUT2D eigenvalue weighted by molar-refractivity contribution is 0.0569. The Hall–Kier alpha value is -2.41. The van der Waals surface area contributed by atoms with Crippen molar-refractivity contribution in [3.05, 3.63) is 45.9 Å². The van der Waals surface area contributed by atoms with Crippen LogP contribution in [0.3, 0.4) is 0 Å². The second kappa shape index (κ2) is 12.2. The van der Waals surface area contributed by atoms with Crippen molar-refractivity contribution >= 4 is 23.2 Å². The summed E-state index contributed by atoms with van der Waals surface area (Å²) >= 11 is 1.41. The van der Waals surface area contributed by atoms with Crippen LogP contribution in [0.4, 0.5) is 0 Å². The van der Waals surface area contributed by atoms with Gasteiger partial charge in [-0.1, -0.05) is 38.8 Å². The number of thiazole rings is 1. The van der Waals surface area contributed by atoms with E-state index in [0.717, 1.165) is 44.3 Å². The van der Waals surface area contributed by atoms with E-state index in [9.17, 15) is 9.59 Å². The van der Waals surface area contributed by atoms with Crippen molar-refractivity contribution in [2.24, 2.45) is 5.92 Å². The number of hydrogen-bond donors (Lipinski definition) is 0. The van der Waals surface area contributed by atoms with Gasteiger partial charge in [-0.15, -0.1) is 11.3 Å². The molecule has 1 atom stereocenters. The van der Waals surface area contributed by atoms with Crippen molar-refractivity contribution in [2.75, 3.05) is 26.2 Å². The average molecular weight is 472 g/mol. The van der Waals surface area contributed by atoms with E-state index in [1.165, 1.54) is 11.3 Å². The molecular formula is C26H37N3O3S. The molecule has 0 unspecified atom stereocenters. The summed E-state index contributed by atoms with van der Waals surface area (Å²) in [5.74, 6) is 1.05. The lowest BCUT2D eigenvalue weighted by Gasteiger charge is -2.33. The summed E-state index contributed by atoms with van der Waals surface area (Å²) in [6, 6.07) is 7.40. The highest BCUT2D eigenvalue weighted by Crippen LogP contribution is 2.25. The predicted molar refractivity (Wildman–Crippen MR) is 133 cm³/mol. The maximum Gasteiger partial charge on any atom is 0.266 e. The van der Waals surface area contributed by atoms with Crippen molar-refractivity contribution in [1.82, 2.24) is 14.8 Å². The van der Waals surface area contributed by atoms with Crippen LogP contribution in [-0.2, 0) is 0 Å². The molecule has 1 aliphatic rings. The van der Waals surface area contributed by atoms with Gasteiger partial charge in [0.05, 0.1) is 22.8 Å². The number of aromatic nitrogens is 1. The number of fused-ring (bicyclic) bond motifs is 1. The molecule has 7 heteroatoms. The van der Waals surface area contributed by atoms with Gasteiger partial charge in [0, 0.05) is 19.6 Å². The Morgan fingerprint density at radius 1 is 1.18 bits per heavy atom. The van der Waals surface area contributed by atoms with Crippen LogP contribution in [0.2, 0.25) is 0 Å². The Bertz CT molecular complexity index is 927. The first-order valence-corrected chi connectivity index (χ1v) is 13.0. The molecule has 2 amide bonds. The molecule has 0 saturated heterocycles. The number of rotatable bonds is 4. The molecule has 6 nitrogen and oxygen atoms in total. The number of ether oxygens (including phenoxy) is 1. The lowest BCUT2D eigenvalue weighted by atomic mass is 10.0. The third-order valence-electron chi connectivity index (χ3n) is 6.18. The molecule has 2 aromatic rings. The fourth-order valence-corrected chi connectivity index (χ4v) is 5.14. The number of aryl methyl sites for hydroxylation is 1. The standard InChI is InChI=1S/C26H37N3O3S/c1-5-28-14-10-6-7-11-15-29(26(31)24-20(4)27-18-33-24)21(16-19(2)3)17-32-23-13-9-8-12-22(23)25(28)30/h8-9,12-13,18-19,21H,5-7,10-11,14-17H2,1-4H3/t21-/m0/s1. The van der Waals surface area contributed by atoms with Gasteiger partial charge in [0.2, 0.25) is 0 Å². The van der Waals surface area contributed by atoms with Crippen LogP contribution in [0.15, 0.2) is 29.8 Å². The molecule has 1 aromatic carbocycles. The Kier molecular flexibility index (Phi) is 9.30. The Labute approximate surface area is 202 Å². The molecular weight excluding hydrogens is 434 g/mol. The largest absolute Gasteiger partial charge is 0.491 e. The molecule has 1 aromatic heterocycles. The minimum absolute atomic E-state index is 0.0128. The van der Waals surface area contributed by atoms with Gasteiger partial charge < -0.3 is 14.5 Å². The summed E-state index contributed by atoms with van der Waals surface area (Å²) in [6.45, 7) is 10.7. The summed E-state index contributed by atoms with van der Waals surface area (Å²) in [5, 5.41) is 0. The average Bonchev–Trinajstić information content (AvgIpc) is 3.23. The highest BCUT2D eigenvalue weighted by atomic mass is 32.1. The number of benzene rings is 1. The van der Waals surface area contributed by atoms with Gasteiger partial charge in [0.1, 0.15) is 17.2 Å². The van der Waals surface area contributed by atoms with Gasteiger partial charge in [-0.2, -0.15) is 0 Å². The van der Waals surface area contributed by atoms with E-state index in [1.54, 1.807) is 5.51 Å². The lowest BCUT2D eigenvalue weighted by Crippen LogP contribution is -2.45. The molecule has 0 N–H and O–H groups in total. The first kappa shape index (κ1) is 25.2. The monoisotopic (exact) mass is 471 g/mol. The molecule has 33 heavy (non-hydrogen) atoms. The molecule has 0 saturated carbocycles. The molecule has 180 valence electrons. The third-order valence-corrected chi connectivity index (χ3v) is 7.10. The zero-order valence-corrected chi connectivity index (χ0v) is 21.2. The Morgan fingerprint density at radius 2 is 1.91 bits per heavy atom. The number of carbonyl (C=O) groups excluding carboxylic acids is 2. The Morgan fingerprint density at radius 3 is 2.58 bits per heavy atom. The van der Waals surface area contributed by atoms with E-state index in [1.807, 2.05) is 47.9 Å². The van der Waals surface area contributed by atoms with Gasteiger partial charge in [0.25, 0.3) is 11.8 Å². The SMILES string of the molecule is CCN1CCCCCCN(C(=O)c2scnc2C)[C@@H](CC(C)C)COc2ccccc2C1=O. The number of carbonyl (C=O) groups is 2. The zero-order chi connectivity index (χ0) is 23.8. The van der Waals surface area contributed by atoms with Crippen LogP contribution >= 0.6 is 11.3 Å².